The summed E-state index contributed by atoms with van der Waals surface area (Å²) in [5.41, 5.74) is 2.80. The Labute approximate surface area is 140 Å². The van der Waals surface area contributed by atoms with Crippen molar-refractivity contribution in [2.24, 2.45) is 0 Å². The van der Waals surface area contributed by atoms with Gasteiger partial charge in [0.1, 0.15) is 17.7 Å². The molecule has 1 atom stereocenters. The maximum Gasteiger partial charge on any atom is 0.187 e. The van der Waals surface area contributed by atoms with E-state index >= 15 is 0 Å². The summed E-state index contributed by atoms with van der Waals surface area (Å²) in [6, 6.07) is 6.00. The Morgan fingerprint density at radius 2 is 2.04 bits per heavy atom. The van der Waals surface area contributed by atoms with Crippen LogP contribution in [-0.4, -0.2) is 40.4 Å². The summed E-state index contributed by atoms with van der Waals surface area (Å²) >= 11 is 0. The van der Waals surface area contributed by atoms with E-state index < -0.39 is 0 Å². The first-order valence-electron chi connectivity index (χ1n) is 7.75. The molecule has 3 rings (SSSR count). The molecule has 0 radical (unpaired) electrons. The first kappa shape index (κ1) is 16.0. The number of fused-ring (bicyclic) bond motifs is 1. The number of nitrogens with one attached hydrogen (secondary N) is 2. The number of aromatic nitrogens is 4. The summed E-state index contributed by atoms with van der Waals surface area (Å²) in [6.45, 7) is 4.09. The number of H-pyrrole nitrogens is 1. The van der Waals surface area contributed by atoms with Crippen LogP contribution in [0.4, 0.5) is 5.82 Å². The molecule has 7 heteroatoms. The minimum atomic E-state index is 0.166. The summed E-state index contributed by atoms with van der Waals surface area (Å²) in [5, 5.41) is 11.6. The number of anilines is 1. The van der Waals surface area contributed by atoms with Gasteiger partial charge in [0.2, 0.25) is 0 Å². The van der Waals surface area contributed by atoms with Crippen molar-refractivity contribution in [3.63, 3.8) is 0 Å². The van der Waals surface area contributed by atoms with E-state index in [9.17, 15) is 0 Å². The summed E-state index contributed by atoms with van der Waals surface area (Å²) in [4.78, 5) is 8.72. The summed E-state index contributed by atoms with van der Waals surface area (Å²) in [6.07, 6.45) is 2.32. The van der Waals surface area contributed by atoms with Crippen LogP contribution in [-0.2, 0) is 6.42 Å². The van der Waals surface area contributed by atoms with Gasteiger partial charge in [0, 0.05) is 23.5 Å². The molecular formula is C17H21N5O2. The molecule has 0 saturated carbocycles. The minimum absolute atomic E-state index is 0.166. The molecule has 0 spiro atoms. The number of benzene rings is 1. The lowest BCUT2D eigenvalue weighted by Crippen LogP contribution is -2.19. The SMILES string of the molecule is COc1ccc2c(N[C@H](C)Cc3cc(C)[nH]n3)ncnc2c1OC. The largest absolute Gasteiger partial charge is 0.493 e. The maximum absolute atomic E-state index is 5.45. The number of ether oxygens (including phenoxy) is 2. The number of aryl methyl sites for hydroxylation is 1. The van der Waals surface area contributed by atoms with Crippen molar-refractivity contribution >= 4 is 16.7 Å². The molecule has 2 heterocycles. The van der Waals surface area contributed by atoms with Crippen LogP contribution in [0.1, 0.15) is 18.3 Å². The lowest BCUT2D eigenvalue weighted by molar-refractivity contribution is 0.358. The smallest absolute Gasteiger partial charge is 0.187 e. The summed E-state index contributed by atoms with van der Waals surface area (Å²) < 4.78 is 10.8. The lowest BCUT2D eigenvalue weighted by atomic mass is 10.1. The molecule has 0 fully saturated rings. The molecular weight excluding hydrogens is 306 g/mol. The van der Waals surface area contributed by atoms with Gasteiger partial charge in [-0.15, -0.1) is 0 Å². The van der Waals surface area contributed by atoms with Gasteiger partial charge < -0.3 is 14.8 Å². The minimum Gasteiger partial charge on any atom is -0.493 e. The van der Waals surface area contributed by atoms with Gasteiger partial charge in [-0.25, -0.2) is 9.97 Å². The van der Waals surface area contributed by atoms with Gasteiger partial charge in [0.15, 0.2) is 11.5 Å². The topological polar surface area (TPSA) is 85.0 Å². The number of hydrogen-bond acceptors (Lipinski definition) is 6. The van der Waals surface area contributed by atoms with Gasteiger partial charge >= 0.3 is 0 Å². The van der Waals surface area contributed by atoms with E-state index in [4.69, 9.17) is 9.47 Å². The molecule has 2 aromatic heterocycles. The normalized spacial score (nSPS) is 12.2. The zero-order valence-electron chi connectivity index (χ0n) is 14.3. The van der Waals surface area contributed by atoms with Crippen LogP contribution in [0, 0.1) is 6.92 Å². The average molecular weight is 327 g/mol. The number of hydrogen-bond donors (Lipinski definition) is 2. The van der Waals surface area contributed by atoms with Crippen molar-refractivity contribution in [2.45, 2.75) is 26.3 Å². The Morgan fingerprint density at radius 1 is 1.21 bits per heavy atom. The van der Waals surface area contributed by atoms with Crippen LogP contribution in [0.5, 0.6) is 11.5 Å². The highest BCUT2D eigenvalue weighted by molar-refractivity contribution is 5.94. The predicted octanol–water partition coefficient (Wildman–Crippen LogP) is 2.72. The second kappa shape index (κ2) is 6.74. The van der Waals surface area contributed by atoms with E-state index in [1.54, 1.807) is 14.2 Å². The van der Waals surface area contributed by atoms with Crippen LogP contribution in [0.2, 0.25) is 0 Å². The molecule has 1 aromatic carbocycles. The average Bonchev–Trinajstić information content (AvgIpc) is 2.98. The number of methoxy groups -OCH3 is 2. The van der Waals surface area contributed by atoms with Gasteiger partial charge in [-0.1, -0.05) is 0 Å². The Bertz CT molecular complexity index is 846. The highest BCUT2D eigenvalue weighted by atomic mass is 16.5. The predicted molar refractivity (Wildman–Crippen MR) is 92.8 cm³/mol. The Morgan fingerprint density at radius 3 is 2.71 bits per heavy atom. The maximum atomic E-state index is 5.45. The molecule has 0 aliphatic rings. The zero-order chi connectivity index (χ0) is 17.1. The fraction of sp³-hybridized carbons (Fsp3) is 0.353. The van der Waals surface area contributed by atoms with Gasteiger partial charge in [0.05, 0.1) is 19.9 Å². The van der Waals surface area contributed by atoms with E-state index in [2.05, 4.69) is 32.4 Å². The quantitative estimate of drug-likeness (QED) is 0.724. The molecule has 7 nitrogen and oxygen atoms in total. The van der Waals surface area contributed by atoms with Crippen molar-refractivity contribution in [3.8, 4) is 11.5 Å². The van der Waals surface area contributed by atoms with Gasteiger partial charge in [-0.3, -0.25) is 5.10 Å². The number of nitrogens with zero attached hydrogens (tertiary/aromatic N) is 3. The van der Waals surface area contributed by atoms with Crippen molar-refractivity contribution in [2.75, 3.05) is 19.5 Å². The third-order valence-corrected chi connectivity index (χ3v) is 3.81. The van der Waals surface area contributed by atoms with E-state index in [0.29, 0.717) is 11.5 Å². The van der Waals surface area contributed by atoms with E-state index in [1.807, 2.05) is 25.1 Å². The van der Waals surface area contributed by atoms with Gasteiger partial charge in [0.25, 0.3) is 0 Å². The Hall–Kier alpha value is -2.83. The Kier molecular flexibility index (Phi) is 4.50. The summed E-state index contributed by atoms with van der Waals surface area (Å²) in [7, 11) is 3.22. The molecule has 0 amide bonds. The third kappa shape index (κ3) is 3.10. The molecule has 0 aliphatic heterocycles. The zero-order valence-corrected chi connectivity index (χ0v) is 14.3. The van der Waals surface area contributed by atoms with E-state index in [1.165, 1.54) is 6.33 Å². The molecule has 0 aliphatic carbocycles. The molecule has 0 bridgehead atoms. The highest BCUT2D eigenvalue weighted by Gasteiger charge is 2.15. The number of rotatable bonds is 6. The lowest BCUT2D eigenvalue weighted by Gasteiger charge is -2.16. The van der Waals surface area contributed by atoms with Crippen molar-refractivity contribution in [1.29, 1.82) is 0 Å². The van der Waals surface area contributed by atoms with Crippen LogP contribution < -0.4 is 14.8 Å². The monoisotopic (exact) mass is 327 g/mol. The highest BCUT2D eigenvalue weighted by Crippen LogP contribution is 2.36. The number of aromatic amines is 1. The van der Waals surface area contributed by atoms with Crippen LogP contribution in [0.15, 0.2) is 24.5 Å². The Balaban J connectivity index is 1.89. The first-order chi connectivity index (χ1) is 11.6. The standard InChI is InChI=1S/C17H21N5O2/c1-10(7-12-8-11(2)21-22-12)20-17-13-5-6-14(23-3)16(24-4)15(13)18-9-19-17/h5-6,8-10H,7H2,1-4H3,(H,21,22)(H,18,19,20)/t10-/m1/s1. The van der Waals surface area contributed by atoms with Crippen molar-refractivity contribution in [1.82, 2.24) is 20.2 Å². The fourth-order valence-electron chi connectivity index (χ4n) is 2.74. The van der Waals surface area contributed by atoms with E-state index in [0.717, 1.165) is 34.5 Å². The summed E-state index contributed by atoms with van der Waals surface area (Å²) in [5.74, 6) is 2.02. The first-order valence-corrected chi connectivity index (χ1v) is 7.75. The molecule has 2 N–H and O–H groups in total. The van der Waals surface area contributed by atoms with Crippen LogP contribution >= 0.6 is 0 Å². The molecule has 0 unspecified atom stereocenters. The van der Waals surface area contributed by atoms with E-state index in [-0.39, 0.29) is 6.04 Å². The molecule has 126 valence electrons. The van der Waals surface area contributed by atoms with Gasteiger partial charge in [-0.2, -0.15) is 5.10 Å². The molecule has 24 heavy (non-hydrogen) atoms. The molecule has 0 saturated heterocycles. The second-order valence-corrected chi connectivity index (χ2v) is 5.71. The van der Waals surface area contributed by atoms with Crippen molar-refractivity contribution in [3.05, 3.63) is 35.9 Å². The molecule has 3 aromatic rings. The van der Waals surface area contributed by atoms with Crippen LogP contribution in [0.3, 0.4) is 0 Å². The second-order valence-electron chi connectivity index (χ2n) is 5.71. The van der Waals surface area contributed by atoms with Gasteiger partial charge in [-0.05, 0) is 32.0 Å². The van der Waals surface area contributed by atoms with Crippen molar-refractivity contribution < 1.29 is 9.47 Å². The third-order valence-electron chi connectivity index (χ3n) is 3.81. The van der Waals surface area contributed by atoms with Crippen LogP contribution in [0.25, 0.3) is 10.9 Å². The fourth-order valence-corrected chi connectivity index (χ4v) is 2.74.